The van der Waals surface area contributed by atoms with Crippen molar-refractivity contribution in [3.63, 3.8) is 0 Å². The maximum Gasteiger partial charge on any atom is 0.224 e. The van der Waals surface area contributed by atoms with Crippen LogP contribution in [-0.4, -0.2) is 38.9 Å². The molecule has 2 heterocycles. The summed E-state index contributed by atoms with van der Waals surface area (Å²) in [6.07, 6.45) is 30.2. The lowest BCUT2D eigenvalue weighted by Crippen LogP contribution is -2.29. The normalized spacial score (nSPS) is 16.5. The van der Waals surface area contributed by atoms with Gasteiger partial charge in [-0.3, -0.25) is 0 Å². The van der Waals surface area contributed by atoms with Crippen LogP contribution in [0.3, 0.4) is 0 Å². The molecule has 2 atom stereocenters. The Kier molecular flexibility index (Phi) is 22.8. The summed E-state index contributed by atoms with van der Waals surface area (Å²) in [5, 5.41) is 2.15. The van der Waals surface area contributed by atoms with Crippen molar-refractivity contribution in [1.82, 2.24) is 0 Å². The molecule has 1 aromatic carbocycles. The number of aromatic nitrogens is 1. The first kappa shape index (κ1) is 39.9. The van der Waals surface area contributed by atoms with Crippen LogP contribution in [0.1, 0.15) is 141 Å². The van der Waals surface area contributed by atoms with Gasteiger partial charge in [-0.2, -0.15) is 4.57 Å². The van der Waals surface area contributed by atoms with Crippen molar-refractivity contribution < 1.29 is 27.0 Å². The number of unbranched alkanes of at least 4 members (excludes halogenated alkanes) is 16. The Balaban J connectivity index is 0.000000537. The fraction of sp³-hybridized carbons (Fsp3) is 0.757. The van der Waals surface area contributed by atoms with E-state index >= 15 is 0 Å². The van der Waals surface area contributed by atoms with E-state index in [2.05, 4.69) is 28.6 Å². The molecular weight excluding hydrogens is 603 g/mol. The predicted octanol–water partition coefficient (Wildman–Crippen LogP) is 9.79. The summed E-state index contributed by atoms with van der Waals surface area (Å²) < 4.78 is 45.4. The van der Waals surface area contributed by atoms with E-state index < -0.39 is 10.1 Å². The SMILES string of the molecule is CCCCCCCCCCCCCC[C@H]1CO[C@H](COCCCCCCCC[n+]2ccsc2)C1.Cc1ccc(S(=O)(=O)[O-])cc1. The van der Waals surface area contributed by atoms with Gasteiger partial charge in [-0.25, -0.2) is 8.42 Å². The third-order valence-corrected chi connectivity index (χ3v) is 10.2. The zero-order valence-corrected chi connectivity index (χ0v) is 30.1. The first-order chi connectivity index (χ1) is 21.9. The number of rotatable bonds is 25. The van der Waals surface area contributed by atoms with Gasteiger partial charge in [-0.15, -0.1) is 0 Å². The lowest BCUT2D eigenvalue weighted by molar-refractivity contribution is -0.692. The van der Waals surface area contributed by atoms with Crippen molar-refractivity contribution in [2.24, 2.45) is 5.92 Å². The summed E-state index contributed by atoms with van der Waals surface area (Å²) in [4.78, 5) is -0.178. The van der Waals surface area contributed by atoms with Gasteiger partial charge in [0.05, 0.1) is 23.0 Å². The van der Waals surface area contributed by atoms with Gasteiger partial charge in [0.25, 0.3) is 0 Å². The number of benzene rings is 1. The van der Waals surface area contributed by atoms with Gasteiger partial charge in [-0.05, 0) is 50.7 Å². The quantitative estimate of drug-likeness (QED) is 0.0599. The second-order valence-electron chi connectivity index (χ2n) is 13.0. The van der Waals surface area contributed by atoms with Crippen LogP contribution in [0, 0.1) is 12.8 Å². The molecule has 1 fully saturated rings. The Hall–Kier alpha value is -1.32. The molecule has 0 unspecified atom stereocenters. The van der Waals surface area contributed by atoms with Gasteiger partial charge in [0.2, 0.25) is 5.51 Å². The average Bonchev–Trinajstić information content (AvgIpc) is 3.71. The molecule has 258 valence electrons. The smallest absolute Gasteiger partial charge is 0.224 e. The minimum atomic E-state index is -4.27. The highest BCUT2D eigenvalue weighted by Gasteiger charge is 2.25. The molecule has 0 bridgehead atoms. The standard InChI is InChI=1S/C30H56NO2S.C7H8O3S/c1-2-3-4-5-6-7-8-9-10-11-14-17-20-29-25-30(33-26-29)27-32-23-19-16-13-12-15-18-21-31-22-24-34-28-31;1-6-2-4-7(5-3-6)11(8,9)10/h22,24,28-30H,2-21,23,25-27H2,1H3;2-5H,1H3,(H,8,9,10)/q+1;/p-1/t29-,30+;/m1./s1. The van der Waals surface area contributed by atoms with Crippen LogP contribution in [0.25, 0.3) is 0 Å². The molecule has 1 saturated heterocycles. The molecule has 1 aliphatic rings. The molecule has 2 aromatic rings. The molecule has 0 saturated carbocycles. The fourth-order valence-corrected chi connectivity index (χ4v) is 6.98. The van der Waals surface area contributed by atoms with E-state index in [4.69, 9.17) is 9.47 Å². The first-order valence-electron chi connectivity index (χ1n) is 18.0. The highest BCUT2D eigenvalue weighted by molar-refractivity contribution is 7.85. The number of hydrogen-bond donors (Lipinski definition) is 0. The van der Waals surface area contributed by atoms with Gasteiger partial charge in [0.1, 0.15) is 16.7 Å². The summed E-state index contributed by atoms with van der Waals surface area (Å²) in [5.74, 6) is 0.781. The highest BCUT2D eigenvalue weighted by Crippen LogP contribution is 2.25. The van der Waals surface area contributed by atoms with Crippen LogP contribution < -0.4 is 4.57 Å². The zero-order chi connectivity index (χ0) is 32.4. The van der Waals surface area contributed by atoms with Crippen LogP contribution >= 0.6 is 11.3 Å². The van der Waals surface area contributed by atoms with E-state index in [0.717, 1.165) is 31.3 Å². The Morgan fingerprint density at radius 2 is 1.42 bits per heavy atom. The van der Waals surface area contributed by atoms with E-state index in [-0.39, 0.29) is 4.90 Å². The van der Waals surface area contributed by atoms with Crippen LogP contribution in [0.2, 0.25) is 0 Å². The van der Waals surface area contributed by atoms with Crippen LogP contribution in [0.15, 0.2) is 46.2 Å². The van der Waals surface area contributed by atoms with Gasteiger partial charge < -0.3 is 14.0 Å². The molecule has 0 aliphatic carbocycles. The van der Waals surface area contributed by atoms with E-state index in [1.807, 2.05) is 6.92 Å². The Bertz CT molecular complexity index is 1040. The predicted molar refractivity (Wildman–Crippen MR) is 186 cm³/mol. The number of hydrogen-bond acceptors (Lipinski definition) is 6. The molecule has 0 radical (unpaired) electrons. The molecule has 1 aromatic heterocycles. The molecule has 45 heavy (non-hydrogen) atoms. The van der Waals surface area contributed by atoms with Crippen LogP contribution in [0.5, 0.6) is 0 Å². The minimum absolute atomic E-state index is 0.178. The Morgan fingerprint density at radius 3 is 2.00 bits per heavy atom. The zero-order valence-electron chi connectivity index (χ0n) is 28.5. The molecule has 8 heteroatoms. The van der Waals surface area contributed by atoms with Gasteiger partial charge in [-0.1, -0.05) is 132 Å². The van der Waals surface area contributed by atoms with Crippen molar-refractivity contribution >= 4 is 21.5 Å². The molecular formula is C37H63NO5S2. The second kappa shape index (κ2) is 25.7. The maximum atomic E-state index is 10.4. The van der Waals surface area contributed by atoms with Crippen molar-refractivity contribution in [1.29, 1.82) is 0 Å². The van der Waals surface area contributed by atoms with E-state index in [0.29, 0.717) is 6.10 Å². The maximum absolute atomic E-state index is 10.4. The summed E-state index contributed by atoms with van der Waals surface area (Å²) in [6.45, 7) is 7.98. The third kappa shape index (κ3) is 21.2. The van der Waals surface area contributed by atoms with E-state index in [9.17, 15) is 13.0 Å². The van der Waals surface area contributed by atoms with Gasteiger partial charge in [0, 0.05) is 19.6 Å². The fourth-order valence-electron chi connectivity index (χ4n) is 5.89. The topological polar surface area (TPSA) is 79.5 Å². The minimum Gasteiger partial charge on any atom is -0.744 e. The third-order valence-electron chi connectivity index (χ3n) is 8.73. The molecule has 3 rings (SSSR count). The van der Waals surface area contributed by atoms with Crippen molar-refractivity contribution in [2.75, 3.05) is 19.8 Å². The van der Waals surface area contributed by atoms with Gasteiger partial charge >= 0.3 is 0 Å². The summed E-state index contributed by atoms with van der Waals surface area (Å²) in [5.41, 5.74) is 3.13. The Morgan fingerprint density at radius 1 is 0.844 bits per heavy atom. The van der Waals surface area contributed by atoms with E-state index in [1.54, 1.807) is 23.5 Å². The lowest BCUT2D eigenvalue weighted by Gasteiger charge is -2.10. The largest absolute Gasteiger partial charge is 0.744 e. The van der Waals surface area contributed by atoms with Gasteiger partial charge in [0.15, 0.2) is 6.20 Å². The lowest BCUT2D eigenvalue weighted by atomic mass is 9.97. The average molecular weight is 666 g/mol. The highest BCUT2D eigenvalue weighted by atomic mass is 32.2. The molecule has 0 N–H and O–H groups in total. The summed E-state index contributed by atoms with van der Waals surface area (Å²) in [6, 6.07) is 5.78. The number of ether oxygens (including phenoxy) is 2. The second-order valence-corrected chi connectivity index (χ2v) is 15.1. The summed E-state index contributed by atoms with van der Waals surface area (Å²) >= 11 is 1.78. The molecule has 1 aliphatic heterocycles. The number of nitrogens with zero attached hydrogens (tertiary/aromatic N) is 1. The number of aryl methyl sites for hydroxylation is 2. The van der Waals surface area contributed by atoms with Crippen molar-refractivity contribution in [3.05, 3.63) is 46.9 Å². The summed E-state index contributed by atoms with van der Waals surface area (Å²) in [7, 11) is -4.27. The first-order valence-corrected chi connectivity index (χ1v) is 20.4. The van der Waals surface area contributed by atoms with Crippen molar-refractivity contribution in [2.45, 2.75) is 160 Å². The van der Waals surface area contributed by atoms with Crippen LogP contribution in [0.4, 0.5) is 0 Å². The Labute approximate surface area is 280 Å². The van der Waals surface area contributed by atoms with Crippen LogP contribution in [-0.2, 0) is 26.1 Å². The monoisotopic (exact) mass is 665 g/mol. The molecule has 0 amide bonds. The molecule has 6 nitrogen and oxygen atoms in total. The number of thiazole rings is 1. The van der Waals surface area contributed by atoms with Crippen molar-refractivity contribution in [3.8, 4) is 0 Å². The molecule has 0 spiro atoms. The van der Waals surface area contributed by atoms with E-state index in [1.165, 1.54) is 147 Å².